The fourth-order valence-corrected chi connectivity index (χ4v) is 4.34. The molecule has 8 nitrogen and oxygen atoms in total. The van der Waals surface area contributed by atoms with E-state index in [4.69, 9.17) is 14.1 Å². The van der Waals surface area contributed by atoms with E-state index in [1.165, 1.54) is 11.2 Å². The Morgan fingerprint density at radius 1 is 1.11 bits per heavy atom. The van der Waals surface area contributed by atoms with Crippen molar-refractivity contribution < 1.29 is 18.7 Å². The summed E-state index contributed by atoms with van der Waals surface area (Å²) >= 11 is 0. The van der Waals surface area contributed by atoms with Gasteiger partial charge in [-0.1, -0.05) is 42.5 Å². The number of imidazole rings is 1. The van der Waals surface area contributed by atoms with E-state index in [1.54, 1.807) is 12.1 Å². The van der Waals surface area contributed by atoms with Crippen LogP contribution in [0.4, 0.5) is 5.95 Å². The van der Waals surface area contributed by atoms with E-state index in [9.17, 15) is 9.59 Å². The highest BCUT2D eigenvalue weighted by Crippen LogP contribution is 2.25. The third-order valence-electron chi connectivity index (χ3n) is 6.11. The summed E-state index contributed by atoms with van der Waals surface area (Å²) in [6.07, 6.45) is 5.03. The largest absolute Gasteiger partial charge is 0.459 e. The summed E-state index contributed by atoms with van der Waals surface area (Å²) < 4.78 is 12.9. The zero-order valence-corrected chi connectivity index (χ0v) is 20.1. The van der Waals surface area contributed by atoms with Crippen LogP contribution in [-0.2, 0) is 9.53 Å². The lowest BCUT2D eigenvalue weighted by Crippen LogP contribution is -2.42. The molecular formula is C28H28N4O4. The third kappa shape index (κ3) is 5.39. The van der Waals surface area contributed by atoms with Crippen molar-refractivity contribution in [1.82, 2.24) is 14.5 Å². The van der Waals surface area contributed by atoms with Gasteiger partial charge >= 0.3 is 0 Å². The van der Waals surface area contributed by atoms with Crippen LogP contribution in [0.25, 0.3) is 16.9 Å². The lowest BCUT2D eigenvalue weighted by molar-refractivity contribution is -0.117. The Hall–Kier alpha value is -4.17. The van der Waals surface area contributed by atoms with Crippen LogP contribution in [0, 0.1) is 6.92 Å². The molecule has 184 valence electrons. The van der Waals surface area contributed by atoms with Gasteiger partial charge in [0.15, 0.2) is 5.76 Å². The number of hydrogen-bond donors (Lipinski definition) is 1. The molecule has 3 heterocycles. The normalized spacial score (nSPS) is 15.1. The first-order chi connectivity index (χ1) is 17.6. The summed E-state index contributed by atoms with van der Waals surface area (Å²) in [5, 5.41) is 2.92. The number of nitrogens with zero attached hydrogens (tertiary/aromatic N) is 3. The van der Waals surface area contributed by atoms with Gasteiger partial charge in [0.25, 0.3) is 5.91 Å². The van der Waals surface area contributed by atoms with Gasteiger partial charge in [-0.05, 0) is 49.6 Å². The number of nitrogens with one attached hydrogen (secondary N) is 1. The molecular weight excluding hydrogens is 456 g/mol. The van der Waals surface area contributed by atoms with Crippen molar-refractivity contribution >= 4 is 17.8 Å². The predicted molar refractivity (Wildman–Crippen MR) is 136 cm³/mol. The summed E-state index contributed by atoms with van der Waals surface area (Å²) in [5.41, 5.74) is 3.64. The number of carbonyl (C=O) groups excluding carboxylic acids is 2. The maximum Gasteiger partial charge on any atom is 0.290 e. The van der Waals surface area contributed by atoms with Crippen LogP contribution in [0.5, 0.6) is 0 Å². The molecule has 1 N–H and O–H groups in total. The molecule has 2 aromatic heterocycles. The summed E-state index contributed by atoms with van der Waals surface area (Å²) in [7, 11) is 0. The summed E-state index contributed by atoms with van der Waals surface area (Å²) in [4.78, 5) is 32.5. The zero-order valence-electron chi connectivity index (χ0n) is 20.1. The van der Waals surface area contributed by atoms with E-state index >= 15 is 0 Å². The van der Waals surface area contributed by atoms with Crippen molar-refractivity contribution in [2.24, 2.45) is 0 Å². The number of aromatic nitrogens is 2. The number of benzene rings is 2. The van der Waals surface area contributed by atoms with E-state index in [0.29, 0.717) is 19.1 Å². The molecule has 0 bridgehead atoms. The number of aryl methyl sites for hydroxylation is 1. The number of furan rings is 1. The number of ether oxygens (including phenoxy) is 1. The topological polar surface area (TPSA) is 89.6 Å². The Balaban J connectivity index is 1.40. The smallest absolute Gasteiger partial charge is 0.290 e. The van der Waals surface area contributed by atoms with Crippen molar-refractivity contribution in [2.45, 2.75) is 25.9 Å². The zero-order chi connectivity index (χ0) is 24.9. The molecule has 0 saturated carbocycles. The quantitative estimate of drug-likeness (QED) is 0.392. The Labute approximate surface area is 209 Å². The average molecular weight is 485 g/mol. The maximum atomic E-state index is 13.2. The second-order valence-electron chi connectivity index (χ2n) is 8.87. The van der Waals surface area contributed by atoms with E-state index < -0.39 is 0 Å². The second kappa shape index (κ2) is 10.6. The van der Waals surface area contributed by atoms with Crippen molar-refractivity contribution in [2.75, 3.05) is 25.0 Å². The highest BCUT2D eigenvalue weighted by molar-refractivity contribution is 5.97. The minimum Gasteiger partial charge on any atom is -0.459 e. The number of amides is 2. The summed E-state index contributed by atoms with van der Waals surface area (Å²) in [6, 6.07) is 21.0. The number of carbonyl (C=O) groups is 2. The molecule has 2 aromatic carbocycles. The van der Waals surface area contributed by atoms with E-state index in [1.807, 2.05) is 72.3 Å². The summed E-state index contributed by atoms with van der Waals surface area (Å²) in [5.74, 6) is -0.134. The monoisotopic (exact) mass is 484 g/mol. The van der Waals surface area contributed by atoms with Gasteiger partial charge in [-0.3, -0.25) is 19.5 Å². The lowest BCUT2D eigenvalue weighted by Gasteiger charge is -2.24. The molecule has 36 heavy (non-hydrogen) atoms. The molecule has 1 fully saturated rings. The summed E-state index contributed by atoms with van der Waals surface area (Å²) in [6.45, 7) is 2.84. The van der Waals surface area contributed by atoms with Gasteiger partial charge in [-0.25, -0.2) is 4.98 Å². The fraction of sp³-hybridized carbons (Fsp3) is 0.250. The molecule has 1 aliphatic rings. The molecule has 0 unspecified atom stereocenters. The molecule has 0 spiro atoms. The Bertz CT molecular complexity index is 1320. The number of hydrogen-bond acceptors (Lipinski definition) is 5. The van der Waals surface area contributed by atoms with E-state index in [0.717, 1.165) is 35.3 Å². The van der Waals surface area contributed by atoms with Crippen molar-refractivity contribution in [3.05, 3.63) is 90.5 Å². The van der Waals surface area contributed by atoms with Gasteiger partial charge in [0.05, 0.1) is 18.1 Å². The van der Waals surface area contributed by atoms with Gasteiger partial charge in [0.1, 0.15) is 6.54 Å². The standard InChI is InChI=1S/C28H28N4O4/c1-20-8-5-11-22(16-20)32-18-24(21-9-3-2-4-10-21)29-28(32)30-26(33)19-31(17-23-12-6-14-35-23)27(34)25-13-7-15-36-25/h2-5,7-11,13,15-16,18,23H,6,12,14,17,19H2,1H3,(H,29,30,33)/t23-/m0/s1. The van der Waals surface area contributed by atoms with Gasteiger partial charge in [-0.15, -0.1) is 0 Å². The van der Waals surface area contributed by atoms with Gasteiger partial charge < -0.3 is 14.1 Å². The Morgan fingerprint density at radius 2 is 1.97 bits per heavy atom. The number of anilines is 1. The van der Waals surface area contributed by atoms with Crippen LogP contribution in [0.2, 0.25) is 0 Å². The second-order valence-corrected chi connectivity index (χ2v) is 8.87. The Kier molecular flexibility index (Phi) is 6.95. The minimum absolute atomic E-state index is 0.101. The molecule has 8 heteroatoms. The Morgan fingerprint density at radius 3 is 2.69 bits per heavy atom. The molecule has 1 atom stereocenters. The van der Waals surface area contributed by atoms with Crippen molar-refractivity contribution in [3.8, 4) is 16.9 Å². The maximum absolute atomic E-state index is 13.2. The van der Waals surface area contributed by atoms with E-state index in [-0.39, 0.29) is 30.2 Å². The highest BCUT2D eigenvalue weighted by Gasteiger charge is 2.27. The molecule has 1 aliphatic heterocycles. The number of rotatable bonds is 8. The van der Waals surface area contributed by atoms with Crippen LogP contribution in [0.1, 0.15) is 29.0 Å². The van der Waals surface area contributed by atoms with Gasteiger partial charge in [0.2, 0.25) is 11.9 Å². The van der Waals surface area contributed by atoms with E-state index in [2.05, 4.69) is 5.32 Å². The van der Waals surface area contributed by atoms with Gasteiger partial charge in [0, 0.05) is 30.6 Å². The molecule has 2 amide bonds. The molecule has 4 aromatic rings. The first-order valence-corrected chi connectivity index (χ1v) is 12.0. The first kappa shape index (κ1) is 23.6. The van der Waals surface area contributed by atoms with Crippen LogP contribution >= 0.6 is 0 Å². The molecule has 1 saturated heterocycles. The van der Waals surface area contributed by atoms with Crippen LogP contribution in [0.15, 0.2) is 83.6 Å². The van der Waals surface area contributed by atoms with Gasteiger partial charge in [-0.2, -0.15) is 0 Å². The molecule has 0 radical (unpaired) electrons. The molecule has 0 aliphatic carbocycles. The van der Waals surface area contributed by atoms with Crippen molar-refractivity contribution in [1.29, 1.82) is 0 Å². The lowest BCUT2D eigenvalue weighted by atomic mass is 10.2. The molecule has 5 rings (SSSR count). The van der Waals surface area contributed by atoms with Crippen molar-refractivity contribution in [3.63, 3.8) is 0 Å². The SMILES string of the molecule is Cc1cccc(-n2cc(-c3ccccc3)nc2NC(=O)CN(C[C@@H]2CCCO2)C(=O)c2ccco2)c1. The minimum atomic E-state index is -0.355. The van der Waals surface area contributed by atoms with Crippen LogP contribution < -0.4 is 5.32 Å². The average Bonchev–Trinajstić information content (AvgIpc) is 3.66. The third-order valence-corrected chi connectivity index (χ3v) is 6.11. The highest BCUT2D eigenvalue weighted by atomic mass is 16.5. The van der Waals surface area contributed by atoms with Crippen LogP contribution in [-0.4, -0.2) is 52.1 Å². The van der Waals surface area contributed by atoms with Crippen LogP contribution in [0.3, 0.4) is 0 Å². The first-order valence-electron chi connectivity index (χ1n) is 12.0. The fourth-order valence-electron chi connectivity index (χ4n) is 4.34. The predicted octanol–water partition coefficient (Wildman–Crippen LogP) is 4.70.